The van der Waals surface area contributed by atoms with Gasteiger partial charge in [-0.15, -0.1) is 0 Å². The predicted octanol–water partition coefficient (Wildman–Crippen LogP) is 3.27. The smallest absolute Gasteiger partial charge is 0.232 e. The number of anilines is 1. The van der Waals surface area contributed by atoms with E-state index in [0.717, 1.165) is 55.3 Å². The SMILES string of the molecule is CCc1cccc(CC)c1N(CCNC(=O)C1CCCCC1)S(C)(=O)=O. The Morgan fingerprint density at radius 3 is 2.19 bits per heavy atom. The zero-order chi connectivity index (χ0) is 19.2. The van der Waals surface area contributed by atoms with E-state index in [1.165, 1.54) is 17.0 Å². The first-order chi connectivity index (χ1) is 12.4. The van der Waals surface area contributed by atoms with Crippen molar-refractivity contribution in [2.45, 2.75) is 58.8 Å². The lowest BCUT2D eigenvalue weighted by atomic mass is 9.89. The molecule has 0 atom stereocenters. The van der Waals surface area contributed by atoms with Gasteiger partial charge in [0.1, 0.15) is 0 Å². The molecule has 5 nitrogen and oxygen atoms in total. The second-order valence-electron chi connectivity index (χ2n) is 7.09. The minimum atomic E-state index is -3.42. The number of nitrogens with zero attached hydrogens (tertiary/aromatic N) is 1. The van der Waals surface area contributed by atoms with Gasteiger partial charge in [-0.25, -0.2) is 8.42 Å². The number of sulfonamides is 1. The molecule has 0 bridgehead atoms. The van der Waals surface area contributed by atoms with Gasteiger partial charge >= 0.3 is 0 Å². The molecule has 0 unspecified atom stereocenters. The standard InChI is InChI=1S/C20H32N2O3S/c1-4-16-12-9-13-17(5-2)19(16)22(26(3,24)25)15-14-21-20(23)18-10-7-6-8-11-18/h9,12-13,18H,4-8,10-11,14-15H2,1-3H3,(H,21,23). The zero-order valence-electron chi connectivity index (χ0n) is 16.3. The summed E-state index contributed by atoms with van der Waals surface area (Å²) in [4.78, 5) is 12.3. The number of aryl methyl sites for hydroxylation is 2. The quantitative estimate of drug-likeness (QED) is 0.753. The molecule has 1 amide bonds. The highest BCUT2D eigenvalue weighted by Crippen LogP contribution is 2.29. The third-order valence-electron chi connectivity index (χ3n) is 5.20. The molecule has 146 valence electrons. The van der Waals surface area contributed by atoms with Gasteiger partial charge < -0.3 is 5.32 Å². The summed E-state index contributed by atoms with van der Waals surface area (Å²) in [6.07, 6.45) is 8.09. The van der Waals surface area contributed by atoms with Crippen LogP contribution in [0, 0.1) is 5.92 Å². The van der Waals surface area contributed by atoms with Crippen molar-refractivity contribution in [3.05, 3.63) is 29.3 Å². The predicted molar refractivity (Wildman–Crippen MR) is 107 cm³/mol. The normalized spacial score (nSPS) is 15.7. The monoisotopic (exact) mass is 380 g/mol. The first kappa shape index (κ1) is 20.7. The number of hydrogen-bond donors (Lipinski definition) is 1. The maximum Gasteiger partial charge on any atom is 0.232 e. The topological polar surface area (TPSA) is 66.5 Å². The van der Waals surface area contributed by atoms with Crippen molar-refractivity contribution in [3.8, 4) is 0 Å². The molecule has 0 spiro atoms. The van der Waals surface area contributed by atoms with Crippen LogP contribution in [0.3, 0.4) is 0 Å². The van der Waals surface area contributed by atoms with E-state index in [1.54, 1.807) is 0 Å². The average molecular weight is 381 g/mol. The van der Waals surface area contributed by atoms with Gasteiger partial charge in [-0.05, 0) is 36.8 Å². The summed E-state index contributed by atoms with van der Waals surface area (Å²) in [6.45, 7) is 4.66. The first-order valence-electron chi connectivity index (χ1n) is 9.74. The Kier molecular flexibility index (Phi) is 7.50. The molecule has 1 aromatic carbocycles. The van der Waals surface area contributed by atoms with Gasteiger partial charge in [-0.2, -0.15) is 0 Å². The molecule has 1 saturated carbocycles. The van der Waals surface area contributed by atoms with Crippen LogP contribution >= 0.6 is 0 Å². The first-order valence-corrected chi connectivity index (χ1v) is 11.6. The molecule has 1 aromatic rings. The van der Waals surface area contributed by atoms with Crippen molar-refractivity contribution < 1.29 is 13.2 Å². The fourth-order valence-corrected chi connectivity index (χ4v) is 4.76. The van der Waals surface area contributed by atoms with Gasteiger partial charge in [0.25, 0.3) is 0 Å². The van der Waals surface area contributed by atoms with Gasteiger partial charge in [-0.1, -0.05) is 51.3 Å². The molecular weight excluding hydrogens is 348 g/mol. The number of carbonyl (C=O) groups excluding carboxylic acids is 1. The van der Waals surface area contributed by atoms with Crippen LogP contribution < -0.4 is 9.62 Å². The number of benzene rings is 1. The largest absolute Gasteiger partial charge is 0.354 e. The zero-order valence-corrected chi connectivity index (χ0v) is 17.1. The lowest BCUT2D eigenvalue weighted by Crippen LogP contribution is -2.41. The summed E-state index contributed by atoms with van der Waals surface area (Å²) in [5.74, 6) is 0.155. The van der Waals surface area contributed by atoms with E-state index in [-0.39, 0.29) is 18.4 Å². The van der Waals surface area contributed by atoms with Crippen LogP contribution in [0.2, 0.25) is 0 Å². The molecule has 2 rings (SSSR count). The lowest BCUT2D eigenvalue weighted by Gasteiger charge is -2.28. The lowest BCUT2D eigenvalue weighted by molar-refractivity contribution is -0.125. The van der Waals surface area contributed by atoms with Gasteiger partial charge in [0, 0.05) is 12.5 Å². The van der Waals surface area contributed by atoms with Gasteiger partial charge in [0.05, 0.1) is 18.5 Å². The molecular formula is C20H32N2O3S. The summed E-state index contributed by atoms with van der Waals surface area (Å²) in [5, 5.41) is 2.95. The van der Waals surface area contributed by atoms with Crippen LogP contribution in [0.5, 0.6) is 0 Å². The summed E-state index contributed by atoms with van der Waals surface area (Å²) >= 11 is 0. The summed E-state index contributed by atoms with van der Waals surface area (Å²) in [6, 6.07) is 5.94. The maximum atomic E-state index is 12.5. The highest BCUT2D eigenvalue weighted by Gasteiger charge is 2.24. The summed E-state index contributed by atoms with van der Waals surface area (Å²) in [5.41, 5.74) is 2.83. The molecule has 1 N–H and O–H groups in total. The second-order valence-corrected chi connectivity index (χ2v) is 9.00. The van der Waals surface area contributed by atoms with Crippen LogP contribution in [0.25, 0.3) is 0 Å². The van der Waals surface area contributed by atoms with E-state index in [4.69, 9.17) is 0 Å². The molecule has 0 aromatic heterocycles. The van der Waals surface area contributed by atoms with Crippen LogP contribution in [0.15, 0.2) is 18.2 Å². The van der Waals surface area contributed by atoms with E-state index < -0.39 is 10.0 Å². The van der Waals surface area contributed by atoms with E-state index in [2.05, 4.69) is 5.32 Å². The minimum Gasteiger partial charge on any atom is -0.354 e. The molecule has 6 heteroatoms. The fraction of sp³-hybridized carbons (Fsp3) is 0.650. The van der Waals surface area contributed by atoms with Crippen LogP contribution in [-0.4, -0.2) is 33.7 Å². The number of para-hydroxylation sites is 1. The van der Waals surface area contributed by atoms with Crippen molar-refractivity contribution in [2.24, 2.45) is 5.92 Å². The average Bonchev–Trinajstić information content (AvgIpc) is 2.64. The Morgan fingerprint density at radius 2 is 1.69 bits per heavy atom. The van der Waals surface area contributed by atoms with Crippen LogP contribution in [0.4, 0.5) is 5.69 Å². The Balaban J connectivity index is 2.13. The molecule has 0 aliphatic heterocycles. The van der Waals surface area contributed by atoms with Gasteiger partial charge in [0.15, 0.2) is 0 Å². The van der Waals surface area contributed by atoms with Crippen molar-refractivity contribution in [1.82, 2.24) is 5.32 Å². The van der Waals surface area contributed by atoms with Crippen LogP contribution in [0.1, 0.15) is 57.1 Å². The van der Waals surface area contributed by atoms with E-state index >= 15 is 0 Å². The Labute approximate surface area is 158 Å². The molecule has 0 heterocycles. The third kappa shape index (κ3) is 5.22. The number of amides is 1. The number of hydrogen-bond acceptors (Lipinski definition) is 3. The number of nitrogens with one attached hydrogen (secondary N) is 1. The Hall–Kier alpha value is -1.56. The van der Waals surface area contributed by atoms with Crippen molar-refractivity contribution in [2.75, 3.05) is 23.7 Å². The molecule has 26 heavy (non-hydrogen) atoms. The molecule has 1 fully saturated rings. The van der Waals surface area contributed by atoms with Crippen molar-refractivity contribution >= 4 is 21.6 Å². The summed E-state index contributed by atoms with van der Waals surface area (Å²) < 4.78 is 26.4. The number of rotatable bonds is 8. The fourth-order valence-electron chi connectivity index (χ4n) is 3.77. The Morgan fingerprint density at radius 1 is 1.12 bits per heavy atom. The highest BCUT2D eigenvalue weighted by atomic mass is 32.2. The van der Waals surface area contributed by atoms with E-state index in [0.29, 0.717) is 6.54 Å². The van der Waals surface area contributed by atoms with Crippen LogP contribution in [-0.2, 0) is 27.7 Å². The highest BCUT2D eigenvalue weighted by molar-refractivity contribution is 7.92. The Bertz CT molecular complexity index is 688. The minimum absolute atomic E-state index is 0.0673. The summed E-state index contributed by atoms with van der Waals surface area (Å²) in [7, 11) is -3.42. The maximum absolute atomic E-state index is 12.5. The number of carbonyl (C=O) groups is 1. The van der Waals surface area contributed by atoms with Gasteiger partial charge in [0.2, 0.25) is 15.9 Å². The van der Waals surface area contributed by atoms with Gasteiger partial charge in [-0.3, -0.25) is 9.10 Å². The molecule has 1 aliphatic carbocycles. The molecule has 0 radical (unpaired) electrons. The second kappa shape index (κ2) is 9.40. The third-order valence-corrected chi connectivity index (χ3v) is 6.37. The van der Waals surface area contributed by atoms with E-state index in [9.17, 15) is 13.2 Å². The molecule has 0 saturated heterocycles. The van der Waals surface area contributed by atoms with E-state index in [1.807, 2.05) is 32.0 Å². The molecule has 1 aliphatic rings. The van der Waals surface area contributed by atoms with Crippen molar-refractivity contribution in [3.63, 3.8) is 0 Å². The van der Waals surface area contributed by atoms with Crippen molar-refractivity contribution in [1.29, 1.82) is 0 Å².